The molecule has 15 heteroatoms. The van der Waals surface area contributed by atoms with Crippen molar-refractivity contribution in [1.29, 1.82) is 0 Å². The predicted octanol–water partition coefficient (Wildman–Crippen LogP) is 2.28. The zero-order valence-electron chi connectivity index (χ0n) is 15.2. The van der Waals surface area contributed by atoms with Gasteiger partial charge in [0.15, 0.2) is 22.5 Å². The average molecular weight is 491 g/mol. The first-order valence-electron chi connectivity index (χ1n) is 7.77. The Kier molecular flexibility index (Phi) is 6.26. The van der Waals surface area contributed by atoms with Crippen LogP contribution in [0, 0.1) is 0 Å². The molecule has 0 unspecified atom stereocenters. The second kappa shape index (κ2) is 8.55. The van der Waals surface area contributed by atoms with Crippen molar-refractivity contribution in [3.05, 3.63) is 39.7 Å². The van der Waals surface area contributed by atoms with Gasteiger partial charge < -0.3 is 15.2 Å². The fraction of sp³-hybridized carbons (Fsp3) is 0.133. The summed E-state index contributed by atoms with van der Waals surface area (Å²) >= 11 is 12.6. The monoisotopic (exact) mass is 490 g/mol. The number of nitrogens with zero attached hydrogens (tertiary/aromatic N) is 5. The zero-order valence-corrected chi connectivity index (χ0v) is 18.4. The largest absolute Gasteiger partial charge is 0.493 e. The molecule has 3 rings (SSSR count). The summed E-state index contributed by atoms with van der Waals surface area (Å²) in [6, 6.07) is 3.97. The van der Waals surface area contributed by atoms with Crippen LogP contribution in [0.5, 0.6) is 11.5 Å². The Morgan fingerprint density at radius 3 is 2.40 bits per heavy atom. The number of halogens is 2. The number of primary amides is 1. The lowest BCUT2D eigenvalue weighted by Gasteiger charge is -2.24. The Morgan fingerprint density at radius 2 is 1.83 bits per heavy atom. The minimum Gasteiger partial charge on any atom is -0.493 e. The number of methoxy groups -OCH3 is 2. The van der Waals surface area contributed by atoms with Crippen molar-refractivity contribution in [2.24, 2.45) is 5.73 Å². The van der Waals surface area contributed by atoms with Gasteiger partial charge in [-0.1, -0.05) is 23.2 Å². The van der Waals surface area contributed by atoms with Crippen LogP contribution >= 0.6 is 34.5 Å². The summed E-state index contributed by atoms with van der Waals surface area (Å²) in [6.45, 7) is 0. The topological polar surface area (TPSA) is 150 Å². The van der Waals surface area contributed by atoms with Gasteiger partial charge in [0.1, 0.15) is 4.21 Å². The Labute approximate surface area is 184 Å². The van der Waals surface area contributed by atoms with E-state index in [-0.39, 0.29) is 36.8 Å². The van der Waals surface area contributed by atoms with Gasteiger partial charge in [-0.3, -0.25) is 4.79 Å². The van der Waals surface area contributed by atoms with Crippen LogP contribution in [0.3, 0.4) is 0 Å². The van der Waals surface area contributed by atoms with Crippen molar-refractivity contribution in [2.45, 2.75) is 4.21 Å². The molecule has 3 aromatic heterocycles. The number of rotatable bonds is 7. The predicted molar refractivity (Wildman–Crippen MR) is 109 cm³/mol. The molecule has 0 aliphatic heterocycles. The van der Waals surface area contributed by atoms with Crippen molar-refractivity contribution in [2.75, 3.05) is 18.5 Å². The van der Waals surface area contributed by atoms with Crippen LogP contribution < -0.4 is 19.5 Å². The molecule has 30 heavy (non-hydrogen) atoms. The van der Waals surface area contributed by atoms with Gasteiger partial charge >= 0.3 is 0 Å². The highest BCUT2D eigenvalue weighted by Gasteiger charge is 2.36. The molecule has 0 bridgehead atoms. The number of carbonyl (C=O) groups is 1. The fourth-order valence-corrected chi connectivity index (χ4v) is 5.36. The van der Waals surface area contributed by atoms with E-state index in [1.165, 1.54) is 32.4 Å². The number of hydrogen-bond donors (Lipinski definition) is 1. The molecule has 1 amide bonds. The second-order valence-electron chi connectivity index (χ2n) is 5.34. The molecule has 0 aliphatic rings. The van der Waals surface area contributed by atoms with Gasteiger partial charge in [-0.2, -0.15) is 12.7 Å². The van der Waals surface area contributed by atoms with Crippen molar-refractivity contribution >= 4 is 62.1 Å². The van der Waals surface area contributed by atoms with Crippen molar-refractivity contribution < 1.29 is 22.7 Å². The van der Waals surface area contributed by atoms with Crippen LogP contribution in [-0.4, -0.2) is 48.7 Å². The Hall–Kier alpha value is -2.74. The first-order chi connectivity index (χ1) is 14.2. The van der Waals surface area contributed by atoms with E-state index in [2.05, 4.69) is 20.2 Å². The molecule has 0 fully saturated rings. The molecule has 0 saturated heterocycles. The molecule has 158 valence electrons. The highest BCUT2D eigenvalue weighted by molar-refractivity contribution is 7.95. The van der Waals surface area contributed by atoms with Gasteiger partial charge in [0, 0.05) is 6.07 Å². The quantitative estimate of drug-likeness (QED) is 0.525. The summed E-state index contributed by atoms with van der Waals surface area (Å²) in [4.78, 5) is 19.3. The third kappa shape index (κ3) is 4.09. The van der Waals surface area contributed by atoms with Crippen molar-refractivity contribution in [3.63, 3.8) is 0 Å². The number of amides is 1. The molecule has 0 atom stereocenters. The van der Waals surface area contributed by atoms with Crippen LogP contribution in [0.15, 0.2) is 28.6 Å². The molecule has 3 aromatic rings. The standard InChI is InChI=1S/C15H12Cl2N6O5S2/c1-27-7-5-9(16)21-22-15(7)23(30(25,26)11-4-3-10(17)29-11)14-8(28-2)6-19-13(20-14)12(18)24/h3-6H,1-2H3,(H2,18,24). The number of sulfonamides is 1. The smallest absolute Gasteiger partial charge is 0.286 e. The van der Waals surface area contributed by atoms with Crippen molar-refractivity contribution in [1.82, 2.24) is 20.2 Å². The van der Waals surface area contributed by atoms with E-state index < -0.39 is 21.8 Å². The molecular weight excluding hydrogens is 479 g/mol. The maximum atomic E-state index is 13.5. The fourth-order valence-electron chi connectivity index (χ4n) is 2.26. The number of anilines is 2. The van der Waals surface area contributed by atoms with Gasteiger partial charge in [0.05, 0.1) is 24.8 Å². The Bertz CT molecular complexity index is 1220. The van der Waals surface area contributed by atoms with Crippen LogP contribution in [0.1, 0.15) is 10.6 Å². The lowest BCUT2D eigenvalue weighted by Crippen LogP contribution is -2.29. The van der Waals surface area contributed by atoms with E-state index >= 15 is 0 Å². The summed E-state index contributed by atoms with van der Waals surface area (Å²) in [6.07, 6.45) is 1.10. The minimum atomic E-state index is -4.39. The van der Waals surface area contributed by atoms with E-state index in [9.17, 15) is 13.2 Å². The first-order valence-corrected chi connectivity index (χ1v) is 10.8. The normalized spacial score (nSPS) is 11.2. The third-order valence-electron chi connectivity index (χ3n) is 3.54. The minimum absolute atomic E-state index is 0.0393. The van der Waals surface area contributed by atoms with Crippen LogP contribution in [0.25, 0.3) is 0 Å². The highest BCUT2D eigenvalue weighted by atomic mass is 35.5. The zero-order chi connectivity index (χ0) is 22.1. The summed E-state index contributed by atoms with van der Waals surface area (Å²) in [5, 5.41) is 7.50. The lowest BCUT2D eigenvalue weighted by atomic mass is 10.4. The van der Waals surface area contributed by atoms with Gasteiger partial charge in [-0.15, -0.1) is 21.5 Å². The SMILES string of the molecule is COc1cc(Cl)nnc1N(c1nc(C(N)=O)ncc1OC)S(=O)(=O)c1ccc(Cl)s1. The number of hydrogen-bond acceptors (Lipinski definition) is 10. The summed E-state index contributed by atoms with van der Waals surface area (Å²) in [7, 11) is -1.83. The number of thiophene rings is 1. The average Bonchev–Trinajstić information content (AvgIpc) is 3.16. The van der Waals surface area contributed by atoms with Crippen molar-refractivity contribution in [3.8, 4) is 11.5 Å². The molecule has 3 heterocycles. The van der Waals surface area contributed by atoms with E-state index in [0.29, 0.717) is 4.31 Å². The number of ether oxygens (including phenoxy) is 2. The van der Waals surface area contributed by atoms with Gasteiger partial charge in [-0.25, -0.2) is 9.97 Å². The van der Waals surface area contributed by atoms with E-state index in [0.717, 1.165) is 17.5 Å². The van der Waals surface area contributed by atoms with E-state index in [1.807, 2.05) is 0 Å². The van der Waals surface area contributed by atoms with E-state index in [4.69, 9.17) is 38.4 Å². The first kappa shape index (κ1) is 22.0. The molecule has 11 nitrogen and oxygen atoms in total. The third-order valence-corrected chi connectivity index (χ3v) is 7.10. The summed E-state index contributed by atoms with van der Waals surface area (Å²) in [5.41, 5.74) is 5.25. The van der Waals surface area contributed by atoms with Gasteiger partial charge in [0.25, 0.3) is 15.9 Å². The number of carbonyl (C=O) groups excluding carboxylic acids is 1. The highest BCUT2D eigenvalue weighted by Crippen LogP contribution is 2.41. The lowest BCUT2D eigenvalue weighted by molar-refractivity contribution is 0.0990. The number of nitrogens with two attached hydrogens (primary N) is 1. The van der Waals surface area contributed by atoms with Gasteiger partial charge in [0.2, 0.25) is 11.6 Å². The second-order valence-corrected chi connectivity index (χ2v) is 9.45. The molecule has 2 N–H and O–H groups in total. The molecule has 0 aromatic carbocycles. The van der Waals surface area contributed by atoms with Crippen LogP contribution in [0.2, 0.25) is 9.49 Å². The summed E-state index contributed by atoms with van der Waals surface area (Å²) < 4.78 is 38.3. The van der Waals surface area contributed by atoms with Crippen LogP contribution in [0.4, 0.5) is 11.6 Å². The maximum Gasteiger partial charge on any atom is 0.286 e. The Balaban J connectivity index is 2.37. The van der Waals surface area contributed by atoms with E-state index in [1.54, 1.807) is 0 Å². The molecule has 0 spiro atoms. The summed E-state index contributed by atoms with van der Waals surface area (Å²) in [5.74, 6) is -2.20. The molecular formula is C15H12Cl2N6O5S2. The van der Waals surface area contributed by atoms with Crippen LogP contribution in [-0.2, 0) is 10.0 Å². The van der Waals surface area contributed by atoms with Gasteiger partial charge in [-0.05, 0) is 12.1 Å². The molecule has 0 radical (unpaired) electrons. The Morgan fingerprint density at radius 1 is 1.13 bits per heavy atom. The maximum absolute atomic E-state index is 13.5. The molecule has 0 saturated carbocycles. The number of aromatic nitrogens is 4. The molecule has 0 aliphatic carbocycles.